The van der Waals surface area contributed by atoms with E-state index < -0.39 is 17.4 Å². The number of hydrogen-bond donors (Lipinski definition) is 0. The van der Waals surface area contributed by atoms with E-state index >= 15 is 0 Å². The quantitative estimate of drug-likeness (QED) is 0.432. The maximum Gasteiger partial charge on any atom is 0.327 e. The molecule has 0 amide bonds. The van der Waals surface area contributed by atoms with E-state index in [9.17, 15) is 9.59 Å². The normalized spacial score (nSPS) is 17.9. The fourth-order valence-corrected chi connectivity index (χ4v) is 3.31. The van der Waals surface area contributed by atoms with Gasteiger partial charge in [-0.15, -0.1) is 0 Å². The predicted octanol–water partition coefficient (Wildman–Crippen LogP) is 4.45. The first-order valence-electron chi connectivity index (χ1n) is 9.13. The van der Waals surface area contributed by atoms with Gasteiger partial charge < -0.3 is 9.47 Å². The highest BCUT2D eigenvalue weighted by atomic mass is 16.6. The molecule has 1 atom stereocenters. The Balaban J connectivity index is 1.73. The van der Waals surface area contributed by atoms with Crippen molar-refractivity contribution in [1.29, 1.82) is 0 Å². The van der Waals surface area contributed by atoms with Crippen molar-refractivity contribution in [2.24, 2.45) is 11.3 Å². The molecule has 1 aliphatic rings. The summed E-state index contributed by atoms with van der Waals surface area (Å²) in [5.41, 5.74) is 1.40. The first-order chi connectivity index (χ1) is 13.0. The van der Waals surface area contributed by atoms with Gasteiger partial charge in [-0.25, -0.2) is 0 Å². The van der Waals surface area contributed by atoms with Crippen molar-refractivity contribution in [3.05, 3.63) is 83.4 Å². The number of benzene rings is 2. The van der Waals surface area contributed by atoms with E-state index in [2.05, 4.69) is 0 Å². The van der Waals surface area contributed by atoms with Crippen LogP contribution in [0.4, 0.5) is 0 Å². The van der Waals surface area contributed by atoms with Gasteiger partial charge in [0, 0.05) is 0 Å². The number of hydrogen-bond acceptors (Lipinski definition) is 4. The van der Waals surface area contributed by atoms with Crippen LogP contribution in [0.15, 0.2) is 72.3 Å². The first-order valence-corrected chi connectivity index (χ1v) is 9.13. The zero-order valence-corrected chi connectivity index (χ0v) is 15.7. The molecule has 0 saturated heterocycles. The van der Waals surface area contributed by atoms with E-state index in [4.69, 9.17) is 9.47 Å². The highest BCUT2D eigenvalue weighted by molar-refractivity contribution is 6.03. The zero-order chi connectivity index (χ0) is 19.3. The van der Waals surface area contributed by atoms with Crippen molar-refractivity contribution in [2.75, 3.05) is 0 Å². The number of allylic oxidation sites excluding steroid dienone is 1. The van der Waals surface area contributed by atoms with Crippen molar-refractivity contribution in [1.82, 2.24) is 0 Å². The lowest BCUT2D eigenvalue weighted by atomic mass is 9.85. The van der Waals surface area contributed by atoms with Crippen LogP contribution in [0.1, 0.15) is 31.4 Å². The molecule has 0 N–H and O–H groups in total. The van der Waals surface area contributed by atoms with Crippen molar-refractivity contribution in [3.63, 3.8) is 0 Å². The minimum Gasteiger partial charge on any atom is -0.460 e. The molecule has 0 spiro atoms. The molecule has 4 heteroatoms. The summed E-state index contributed by atoms with van der Waals surface area (Å²) in [6.45, 7) is 4.20. The summed E-state index contributed by atoms with van der Waals surface area (Å²) >= 11 is 0. The molecule has 0 bridgehead atoms. The van der Waals surface area contributed by atoms with E-state index in [0.717, 1.165) is 16.7 Å². The van der Waals surface area contributed by atoms with E-state index in [1.165, 1.54) is 0 Å². The van der Waals surface area contributed by atoms with Crippen LogP contribution in [0.25, 0.3) is 0 Å². The van der Waals surface area contributed by atoms with Crippen LogP contribution in [-0.2, 0) is 32.3 Å². The maximum atomic E-state index is 12.9. The van der Waals surface area contributed by atoms with E-state index in [1.807, 2.05) is 74.5 Å². The Morgan fingerprint density at radius 1 is 0.889 bits per heavy atom. The first kappa shape index (κ1) is 18.9. The SMILES string of the molecule is CC1=CC(C(=O)OCc2ccccc2)(C(=O)OCc2ccccc2)CC1C. The summed E-state index contributed by atoms with van der Waals surface area (Å²) in [4.78, 5) is 25.8. The Labute approximate surface area is 159 Å². The standard InChI is InChI=1S/C23H24O4/c1-17-13-23(14-18(17)2,21(24)26-15-19-9-5-3-6-10-19)22(25)27-16-20-11-7-4-8-12-20/h3-13,18H,14-16H2,1-2H3. The van der Waals surface area contributed by atoms with Crippen LogP contribution in [0, 0.1) is 11.3 Å². The third-order valence-corrected chi connectivity index (χ3v) is 5.03. The molecule has 3 rings (SSSR count). The molecule has 0 fully saturated rings. The smallest absolute Gasteiger partial charge is 0.327 e. The Morgan fingerprint density at radius 2 is 1.33 bits per heavy atom. The van der Waals surface area contributed by atoms with E-state index in [1.54, 1.807) is 6.08 Å². The summed E-state index contributed by atoms with van der Waals surface area (Å²) < 4.78 is 11.0. The molecule has 27 heavy (non-hydrogen) atoms. The van der Waals surface area contributed by atoms with Crippen molar-refractivity contribution < 1.29 is 19.1 Å². The third-order valence-electron chi connectivity index (χ3n) is 5.03. The second-order valence-corrected chi connectivity index (χ2v) is 7.09. The summed E-state index contributed by atoms with van der Waals surface area (Å²) in [7, 11) is 0. The number of rotatable bonds is 6. The Kier molecular flexibility index (Phi) is 5.75. The molecule has 0 aromatic heterocycles. The lowest BCUT2D eigenvalue weighted by Gasteiger charge is -2.24. The molecule has 1 aliphatic carbocycles. The van der Waals surface area contributed by atoms with E-state index in [0.29, 0.717) is 6.42 Å². The molecule has 140 valence electrons. The van der Waals surface area contributed by atoms with Crippen LogP contribution in [-0.4, -0.2) is 11.9 Å². The fourth-order valence-electron chi connectivity index (χ4n) is 3.31. The van der Waals surface area contributed by atoms with Gasteiger partial charge >= 0.3 is 11.9 Å². The van der Waals surface area contributed by atoms with Crippen LogP contribution in [0.2, 0.25) is 0 Å². The van der Waals surface area contributed by atoms with Crippen molar-refractivity contribution >= 4 is 11.9 Å². The monoisotopic (exact) mass is 364 g/mol. The van der Waals surface area contributed by atoms with Gasteiger partial charge in [-0.3, -0.25) is 9.59 Å². The topological polar surface area (TPSA) is 52.6 Å². The second kappa shape index (κ2) is 8.21. The Bertz CT molecular complexity index is 768. The highest BCUT2D eigenvalue weighted by Crippen LogP contribution is 2.42. The molecular formula is C23H24O4. The minimum atomic E-state index is -1.37. The molecule has 4 nitrogen and oxygen atoms in total. The summed E-state index contributed by atoms with van der Waals surface area (Å²) in [5.74, 6) is -0.972. The molecule has 0 aliphatic heterocycles. The van der Waals surface area contributed by atoms with Gasteiger partial charge in [-0.05, 0) is 30.4 Å². The summed E-state index contributed by atoms with van der Waals surface area (Å²) in [6, 6.07) is 18.9. The number of carbonyl (C=O) groups excluding carboxylic acids is 2. The average molecular weight is 364 g/mol. The van der Waals surface area contributed by atoms with Gasteiger partial charge in [-0.1, -0.05) is 79.2 Å². The number of esters is 2. The van der Waals surface area contributed by atoms with Crippen LogP contribution in [0.5, 0.6) is 0 Å². The maximum absolute atomic E-state index is 12.9. The van der Waals surface area contributed by atoms with Gasteiger partial charge in [0.2, 0.25) is 0 Å². The van der Waals surface area contributed by atoms with Gasteiger partial charge in [0.25, 0.3) is 0 Å². The van der Waals surface area contributed by atoms with Crippen molar-refractivity contribution in [3.8, 4) is 0 Å². The zero-order valence-electron chi connectivity index (χ0n) is 15.7. The van der Waals surface area contributed by atoms with Gasteiger partial charge in [0.05, 0.1) is 0 Å². The average Bonchev–Trinajstić information content (AvgIpc) is 3.01. The molecule has 2 aromatic carbocycles. The Hall–Kier alpha value is -2.88. The second-order valence-electron chi connectivity index (χ2n) is 7.09. The summed E-state index contributed by atoms with van der Waals surface area (Å²) in [5, 5.41) is 0. The van der Waals surface area contributed by atoms with Gasteiger partial charge in [-0.2, -0.15) is 0 Å². The number of ether oxygens (including phenoxy) is 2. The molecular weight excluding hydrogens is 340 g/mol. The van der Waals surface area contributed by atoms with Crippen LogP contribution in [0.3, 0.4) is 0 Å². The molecule has 0 heterocycles. The Morgan fingerprint density at radius 3 is 1.70 bits per heavy atom. The van der Waals surface area contributed by atoms with Crippen LogP contribution >= 0.6 is 0 Å². The minimum absolute atomic E-state index is 0.124. The van der Waals surface area contributed by atoms with Gasteiger partial charge in [0.1, 0.15) is 13.2 Å². The predicted molar refractivity (Wildman–Crippen MR) is 102 cm³/mol. The van der Waals surface area contributed by atoms with Gasteiger partial charge in [0.15, 0.2) is 5.41 Å². The van der Waals surface area contributed by atoms with Crippen LogP contribution < -0.4 is 0 Å². The number of carbonyl (C=O) groups is 2. The molecule has 0 radical (unpaired) electrons. The third kappa shape index (κ3) is 4.27. The van der Waals surface area contributed by atoms with Crippen molar-refractivity contribution in [2.45, 2.75) is 33.5 Å². The molecule has 0 saturated carbocycles. The lowest BCUT2D eigenvalue weighted by molar-refractivity contribution is -0.170. The van der Waals surface area contributed by atoms with E-state index in [-0.39, 0.29) is 19.1 Å². The fraction of sp³-hybridized carbons (Fsp3) is 0.304. The lowest BCUT2D eigenvalue weighted by Crippen LogP contribution is -2.39. The highest BCUT2D eigenvalue weighted by Gasteiger charge is 2.51. The molecule has 2 aromatic rings. The molecule has 1 unspecified atom stereocenters. The summed E-state index contributed by atoms with van der Waals surface area (Å²) in [6.07, 6.45) is 2.10. The largest absolute Gasteiger partial charge is 0.460 e.